The summed E-state index contributed by atoms with van der Waals surface area (Å²) in [6, 6.07) is 10.5. The van der Waals surface area contributed by atoms with Gasteiger partial charge < -0.3 is 10.1 Å². The molecule has 24 heavy (non-hydrogen) atoms. The molecule has 0 fully saturated rings. The first-order chi connectivity index (χ1) is 11.4. The molecular weight excluding hydrogens is 375 g/mol. The summed E-state index contributed by atoms with van der Waals surface area (Å²) in [7, 11) is 3.24. The van der Waals surface area contributed by atoms with E-state index in [0.717, 1.165) is 21.3 Å². The van der Waals surface area contributed by atoms with E-state index in [1.54, 1.807) is 12.1 Å². The predicted octanol–water partition coefficient (Wildman–Crippen LogP) is 3.98. The van der Waals surface area contributed by atoms with Gasteiger partial charge in [-0.25, -0.2) is 4.39 Å². The monoisotopic (exact) mass is 394 g/mol. The van der Waals surface area contributed by atoms with Crippen LogP contribution in [0.25, 0.3) is 0 Å². The van der Waals surface area contributed by atoms with E-state index in [-0.39, 0.29) is 18.2 Å². The second kappa shape index (κ2) is 8.26. The number of nitrogens with zero attached hydrogens (tertiary/aromatic N) is 1. The third-order valence-electron chi connectivity index (χ3n) is 3.54. The molecule has 4 nitrogen and oxygen atoms in total. The molecule has 1 N–H and O–H groups in total. The molecule has 2 aromatic rings. The Bertz CT molecular complexity index is 737. The van der Waals surface area contributed by atoms with Crippen molar-refractivity contribution in [3.8, 4) is 5.75 Å². The average molecular weight is 395 g/mol. The molecule has 0 aliphatic rings. The number of nitrogens with one attached hydrogen (secondary N) is 1. The molecule has 0 radical (unpaired) electrons. The van der Waals surface area contributed by atoms with E-state index in [9.17, 15) is 9.18 Å². The van der Waals surface area contributed by atoms with Crippen molar-refractivity contribution >= 4 is 27.5 Å². The van der Waals surface area contributed by atoms with E-state index in [1.807, 2.05) is 37.1 Å². The van der Waals surface area contributed by atoms with Gasteiger partial charge in [0.2, 0.25) is 5.91 Å². The molecular formula is C18H20BrFN2O2. The van der Waals surface area contributed by atoms with Gasteiger partial charge in [0.15, 0.2) is 11.6 Å². The summed E-state index contributed by atoms with van der Waals surface area (Å²) in [6.45, 7) is 2.66. The predicted molar refractivity (Wildman–Crippen MR) is 96.8 cm³/mol. The number of benzene rings is 2. The molecule has 0 saturated heterocycles. The lowest BCUT2D eigenvalue weighted by molar-refractivity contribution is -0.117. The van der Waals surface area contributed by atoms with Crippen molar-refractivity contribution in [2.45, 2.75) is 13.5 Å². The maximum atomic E-state index is 13.7. The highest BCUT2D eigenvalue weighted by Crippen LogP contribution is 2.21. The van der Waals surface area contributed by atoms with Crippen LogP contribution in [0.3, 0.4) is 0 Å². The number of hydrogen-bond acceptors (Lipinski definition) is 3. The first-order valence-electron chi connectivity index (χ1n) is 7.46. The van der Waals surface area contributed by atoms with Crippen LogP contribution in [0.2, 0.25) is 0 Å². The number of halogens is 2. The standard InChI is InChI=1S/C18H20BrFN2O2/c1-12-4-6-14(9-15(12)19)21-18(23)11-22(2)10-13-5-7-17(24-3)16(20)8-13/h4-9H,10-11H2,1-3H3,(H,21,23). The molecule has 2 rings (SSSR count). The van der Waals surface area contributed by atoms with Gasteiger partial charge >= 0.3 is 0 Å². The minimum atomic E-state index is -0.405. The van der Waals surface area contributed by atoms with Gasteiger partial charge in [-0.1, -0.05) is 28.1 Å². The Kier molecular flexibility index (Phi) is 6.34. The third kappa shape index (κ3) is 5.04. The topological polar surface area (TPSA) is 41.6 Å². The van der Waals surface area contributed by atoms with E-state index in [1.165, 1.54) is 13.2 Å². The Balaban J connectivity index is 1.91. The van der Waals surface area contributed by atoms with Crippen molar-refractivity contribution in [3.63, 3.8) is 0 Å². The Morgan fingerprint density at radius 3 is 2.67 bits per heavy atom. The Hall–Kier alpha value is -1.92. The number of amides is 1. The zero-order valence-corrected chi connectivity index (χ0v) is 15.5. The number of anilines is 1. The molecule has 0 aliphatic heterocycles. The summed E-state index contributed by atoms with van der Waals surface area (Å²) < 4.78 is 19.5. The Morgan fingerprint density at radius 2 is 2.04 bits per heavy atom. The van der Waals surface area contributed by atoms with Crippen LogP contribution in [0.5, 0.6) is 5.75 Å². The van der Waals surface area contributed by atoms with Crippen LogP contribution in [0, 0.1) is 12.7 Å². The highest BCUT2D eigenvalue weighted by Gasteiger charge is 2.10. The van der Waals surface area contributed by atoms with Crippen LogP contribution < -0.4 is 10.1 Å². The molecule has 2 aromatic carbocycles. The SMILES string of the molecule is COc1ccc(CN(C)CC(=O)Nc2ccc(C)c(Br)c2)cc1F. The van der Waals surface area contributed by atoms with Crippen molar-refractivity contribution in [1.82, 2.24) is 4.90 Å². The summed E-state index contributed by atoms with van der Waals surface area (Å²) in [6.07, 6.45) is 0. The highest BCUT2D eigenvalue weighted by molar-refractivity contribution is 9.10. The molecule has 0 spiro atoms. The first kappa shape index (κ1) is 18.4. The quantitative estimate of drug-likeness (QED) is 0.805. The van der Waals surface area contributed by atoms with Gasteiger partial charge in [-0.3, -0.25) is 9.69 Å². The van der Waals surface area contributed by atoms with Crippen LogP contribution in [-0.4, -0.2) is 31.5 Å². The van der Waals surface area contributed by atoms with Crippen LogP contribution in [-0.2, 0) is 11.3 Å². The van der Waals surface area contributed by atoms with Crippen LogP contribution in [0.4, 0.5) is 10.1 Å². The number of likely N-dealkylation sites (N-methyl/N-ethyl adjacent to an activating group) is 1. The lowest BCUT2D eigenvalue weighted by atomic mass is 10.2. The fraction of sp³-hybridized carbons (Fsp3) is 0.278. The van der Waals surface area contributed by atoms with Crippen molar-refractivity contribution in [1.29, 1.82) is 0 Å². The number of carbonyl (C=O) groups is 1. The van der Waals surface area contributed by atoms with Gasteiger partial charge in [0.1, 0.15) is 0 Å². The maximum Gasteiger partial charge on any atom is 0.238 e. The normalized spacial score (nSPS) is 10.8. The van der Waals surface area contributed by atoms with Crippen molar-refractivity contribution < 1.29 is 13.9 Å². The molecule has 0 heterocycles. The zero-order chi connectivity index (χ0) is 17.7. The average Bonchev–Trinajstić information content (AvgIpc) is 2.51. The molecule has 0 aliphatic carbocycles. The maximum absolute atomic E-state index is 13.7. The molecule has 0 unspecified atom stereocenters. The van der Waals surface area contributed by atoms with Crippen LogP contribution in [0.15, 0.2) is 40.9 Å². The summed E-state index contributed by atoms with van der Waals surface area (Å²) >= 11 is 3.44. The van der Waals surface area contributed by atoms with Gasteiger partial charge in [0, 0.05) is 16.7 Å². The second-order valence-corrected chi connectivity index (χ2v) is 6.51. The Labute approximate surface area is 149 Å². The first-order valence-corrected chi connectivity index (χ1v) is 8.25. The number of carbonyl (C=O) groups excluding carboxylic acids is 1. The van der Waals surface area contributed by atoms with E-state index >= 15 is 0 Å². The smallest absolute Gasteiger partial charge is 0.238 e. The number of methoxy groups -OCH3 is 1. The molecule has 0 bridgehead atoms. The number of aryl methyl sites for hydroxylation is 1. The number of rotatable bonds is 6. The lowest BCUT2D eigenvalue weighted by Crippen LogP contribution is -2.29. The molecule has 0 saturated carbocycles. The Morgan fingerprint density at radius 1 is 1.29 bits per heavy atom. The van der Waals surface area contributed by atoms with Gasteiger partial charge in [0.25, 0.3) is 0 Å². The summed E-state index contributed by atoms with van der Waals surface area (Å²) in [5.41, 5.74) is 2.62. The molecule has 0 atom stereocenters. The minimum absolute atomic E-state index is 0.123. The van der Waals surface area contributed by atoms with E-state index < -0.39 is 5.82 Å². The summed E-state index contributed by atoms with van der Waals surface area (Å²) in [4.78, 5) is 13.9. The van der Waals surface area contributed by atoms with Gasteiger partial charge in [0.05, 0.1) is 13.7 Å². The zero-order valence-electron chi connectivity index (χ0n) is 13.9. The van der Waals surface area contributed by atoms with E-state index in [0.29, 0.717) is 6.54 Å². The number of hydrogen-bond donors (Lipinski definition) is 1. The largest absolute Gasteiger partial charge is 0.494 e. The van der Waals surface area contributed by atoms with Crippen LogP contribution in [0.1, 0.15) is 11.1 Å². The molecule has 1 amide bonds. The number of ether oxygens (including phenoxy) is 1. The highest BCUT2D eigenvalue weighted by atomic mass is 79.9. The van der Waals surface area contributed by atoms with Crippen molar-refractivity contribution in [2.75, 3.05) is 26.0 Å². The lowest BCUT2D eigenvalue weighted by Gasteiger charge is -2.17. The molecule has 0 aromatic heterocycles. The van der Waals surface area contributed by atoms with Crippen molar-refractivity contribution in [3.05, 3.63) is 57.8 Å². The van der Waals surface area contributed by atoms with Gasteiger partial charge in [-0.2, -0.15) is 0 Å². The molecule has 6 heteroatoms. The fourth-order valence-corrected chi connectivity index (χ4v) is 2.67. The molecule has 128 valence electrons. The third-order valence-corrected chi connectivity index (χ3v) is 4.39. The second-order valence-electron chi connectivity index (χ2n) is 5.65. The summed E-state index contributed by atoms with van der Waals surface area (Å²) in [5.74, 6) is -0.316. The van der Waals surface area contributed by atoms with Gasteiger partial charge in [-0.05, 0) is 49.4 Å². The summed E-state index contributed by atoms with van der Waals surface area (Å²) in [5, 5.41) is 2.85. The fourth-order valence-electron chi connectivity index (χ4n) is 2.29. The van der Waals surface area contributed by atoms with Crippen LogP contribution >= 0.6 is 15.9 Å². The van der Waals surface area contributed by atoms with Gasteiger partial charge in [-0.15, -0.1) is 0 Å². The van der Waals surface area contributed by atoms with E-state index in [2.05, 4.69) is 21.2 Å². The minimum Gasteiger partial charge on any atom is -0.494 e. The van der Waals surface area contributed by atoms with Crippen molar-refractivity contribution in [2.24, 2.45) is 0 Å². The van der Waals surface area contributed by atoms with E-state index in [4.69, 9.17) is 4.74 Å².